The molecule has 0 N–H and O–H groups in total. The highest BCUT2D eigenvalue weighted by molar-refractivity contribution is 7.95. The monoisotopic (exact) mass is 820 g/mol. The molecule has 7 aromatic rings. The zero-order valence-corrected chi connectivity index (χ0v) is 32.7. The highest BCUT2D eigenvalue weighted by Gasteiger charge is 2.48. The highest BCUT2D eigenvalue weighted by Crippen LogP contribution is 2.61. The molecule has 0 saturated heterocycles. The second-order valence-electron chi connectivity index (χ2n) is 11.8. The third-order valence-electron chi connectivity index (χ3n) is 9.16. The predicted octanol–water partition coefficient (Wildman–Crippen LogP) is 3.34. The van der Waals surface area contributed by atoms with Gasteiger partial charge in [0, 0.05) is 11.1 Å². The van der Waals surface area contributed by atoms with Crippen LogP contribution in [0.25, 0.3) is 0 Å². The third-order valence-corrected chi connectivity index (χ3v) is 18.3. The van der Waals surface area contributed by atoms with E-state index in [1.165, 1.54) is 43.0 Å². The van der Waals surface area contributed by atoms with Gasteiger partial charge in [-0.15, -0.1) is 0 Å². The summed E-state index contributed by atoms with van der Waals surface area (Å²) in [4.78, 5) is 0. The van der Waals surface area contributed by atoms with Gasteiger partial charge < -0.3 is 34.0 Å². The molecule has 0 aromatic heterocycles. The molecule has 0 aliphatic rings. The molecule has 49 heavy (non-hydrogen) atoms. The summed E-state index contributed by atoms with van der Waals surface area (Å²) in [7, 11) is -4.25. The average molecular weight is 823 g/mol. The Hall–Kier alpha value is -3.35. The van der Waals surface area contributed by atoms with Gasteiger partial charge in [0.15, 0.2) is 0 Å². The normalized spacial score (nSPS) is 11.2. The first-order chi connectivity index (χ1) is 23.2. The Morgan fingerprint density at radius 1 is 0.286 bits per heavy atom. The molecule has 7 rings (SSSR count). The minimum atomic E-state index is -2.12. The summed E-state index contributed by atoms with van der Waals surface area (Å²) in [5, 5.41) is 9.04. The van der Waals surface area contributed by atoms with E-state index in [0.29, 0.717) is 0 Å². The molecule has 0 atom stereocenters. The van der Waals surface area contributed by atoms with Crippen LogP contribution in [0.3, 0.4) is 0 Å². The van der Waals surface area contributed by atoms with E-state index >= 15 is 0 Å². The fourth-order valence-corrected chi connectivity index (χ4v) is 15.9. The predicted molar refractivity (Wildman–Crippen MR) is 209 cm³/mol. The molecular weight excluding hydrogens is 786 g/mol. The minimum absolute atomic E-state index is 0. The molecule has 5 heteroatoms. The van der Waals surface area contributed by atoms with Crippen molar-refractivity contribution in [1.82, 2.24) is 0 Å². The summed E-state index contributed by atoms with van der Waals surface area (Å²) < 4.78 is 0. The van der Waals surface area contributed by atoms with Crippen LogP contribution in [0.1, 0.15) is 11.1 Å². The van der Waals surface area contributed by atoms with Crippen LogP contribution in [-0.2, 0) is 12.3 Å². The van der Waals surface area contributed by atoms with Crippen LogP contribution in [0.5, 0.6) is 0 Å². The fourth-order valence-electron chi connectivity index (χ4n) is 6.93. The summed E-state index contributed by atoms with van der Waals surface area (Å²) in [6, 6.07) is 73.2. The van der Waals surface area contributed by atoms with Gasteiger partial charge in [-0.1, -0.05) is 139 Å². The summed E-state index contributed by atoms with van der Waals surface area (Å²) in [6.45, 7) is 0. The van der Waals surface area contributed by atoms with E-state index in [4.69, 9.17) is 11.6 Å². The molecule has 0 aliphatic heterocycles. The van der Waals surface area contributed by atoms with Gasteiger partial charge in [0.2, 0.25) is 0 Å². The van der Waals surface area contributed by atoms with Crippen molar-refractivity contribution in [3.63, 3.8) is 0 Å². The number of hydrogen-bond acceptors (Lipinski definition) is 0. The quantitative estimate of drug-likeness (QED) is 0.186. The van der Waals surface area contributed by atoms with Gasteiger partial charge >= 0.3 is 0 Å². The lowest BCUT2D eigenvalue weighted by Gasteiger charge is -2.30. The Bertz CT molecular complexity index is 1690. The summed E-state index contributed by atoms with van der Waals surface area (Å²) in [6.07, 6.45) is 1.68. The van der Waals surface area contributed by atoms with Crippen LogP contribution in [0.15, 0.2) is 200 Å². The second-order valence-corrected chi connectivity index (χ2v) is 19.2. The lowest BCUT2D eigenvalue weighted by molar-refractivity contribution is -0.001000. The van der Waals surface area contributed by atoms with E-state index < -0.39 is 14.5 Å². The van der Waals surface area contributed by atoms with Crippen molar-refractivity contribution in [3.8, 4) is 0 Å². The van der Waals surface area contributed by atoms with E-state index in [-0.39, 0.29) is 34.0 Å². The van der Waals surface area contributed by atoms with Crippen molar-refractivity contribution in [2.24, 2.45) is 0 Å². The molecular formula is C44H37Br2ClP2. The van der Waals surface area contributed by atoms with E-state index in [2.05, 4.69) is 200 Å². The van der Waals surface area contributed by atoms with Crippen molar-refractivity contribution in [1.29, 1.82) is 0 Å². The summed E-state index contributed by atoms with van der Waals surface area (Å²) in [5.74, 6) is 0. The van der Waals surface area contributed by atoms with Crippen LogP contribution in [0, 0.1) is 0 Å². The van der Waals surface area contributed by atoms with E-state index in [1.807, 2.05) is 0 Å². The molecule has 0 fully saturated rings. The lowest BCUT2D eigenvalue weighted by atomic mass is 10.1. The van der Waals surface area contributed by atoms with Crippen molar-refractivity contribution >= 4 is 58.0 Å². The number of rotatable bonds is 10. The molecule has 0 aliphatic carbocycles. The molecule has 0 radical (unpaired) electrons. The third kappa shape index (κ3) is 7.42. The number of hydrogen-bond donors (Lipinski definition) is 0. The first kappa shape index (κ1) is 36.9. The van der Waals surface area contributed by atoms with Gasteiger partial charge in [-0.05, 0) is 72.8 Å². The maximum absolute atomic E-state index is 7.68. The maximum atomic E-state index is 7.68. The molecule has 0 unspecified atom stereocenters. The number of benzene rings is 7. The second kappa shape index (κ2) is 17.0. The SMILES string of the molecule is Clc1c(C[P+](c2ccccc2)(c2ccccc2)c2ccccc2)cccc1C[P+](c1ccccc1)(c1ccccc1)c1ccccc1.[Br-].[Br-]. The van der Waals surface area contributed by atoms with Crippen LogP contribution >= 0.6 is 26.1 Å². The standard InChI is InChI=1S/C44H37ClP2.2BrH/c45-44-36(34-46(38-22-7-1-8-23-38,39-24-9-2-10-25-39)40-26-11-3-12-27-40)20-19-21-37(44)35-47(41-28-13-4-14-29-41,42-30-15-5-16-31-42)43-32-17-6-18-33-43;;/h1-33H,34-35H2;2*1H/q+2;;/p-2. The zero-order valence-electron chi connectivity index (χ0n) is 27.0. The smallest absolute Gasteiger partial charge is 0.116 e. The molecule has 0 heterocycles. The largest absolute Gasteiger partial charge is 1.00 e. The van der Waals surface area contributed by atoms with Gasteiger partial charge in [-0.25, -0.2) is 0 Å². The minimum Gasteiger partial charge on any atom is -1.00 e. The van der Waals surface area contributed by atoms with Crippen molar-refractivity contribution < 1.29 is 34.0 Å². The summed E-state index contributed by atoms with van der Waals surface area (Å²) in [5.41, 5.74) is 2.39. The molecule has 244 valence electrons. The number of halogens is 3. The van der Waals surface area contributed by atoms with Gasteiger partial charge in [-0.2, -0.15) is 0 Å². The molecule has 0 saturated carbocycles. The Balaban J connectivity index is 0.00000234. The van der Waals surface area contributed by atoms with E-state index in [0.717, 1.165) is 17.3 Å². The molecule has 7 aromatic carbocycles. The first-order valence-corrected chi connectivity index (χ1v) is 20.4. The van der Waals surface area contributed by atoms with Gasteiger partial charge in [0.05, 0.1) is 17.3 Å². The topological polar surface area (TPSA) is 0 Å². The first-order valence-electron chi connectivity index (χ1n) is 16.1. The van der Waals surface area contributed by atoms with Gasteiger partial charge in [0.1, 0.15) is 46.4 Å². The van der Waals surface area contributed by atoms with Crippen LogP contribution in [0.2, 0.25) is 5.02 Å². The van der Waals surface area contributed by atoms with Crippen LogP contribution in [0.4, 0.5) is 0 Å². The maximum Gasteiger partial charge on any atom is 0.116 e. The van der Waals surface area contributed by atoms with Gasteiger partial charge in [-0.3, -0.25) is 0 Å². The average Bonchev–Trinajstić information content (AvgIpc) is 3.16. The lowest BCUT2D eigenvalue weighted by Crippen LogP contribution is -3.00. The van der Waals surface area contributed by atoms with E-state index in [9.17, 15) is 0 Å². The Morgan fingerprint density at radius 3 is 0.694 bits per heavy atom. The molecule has 0 amide bonds. The Labute approximate surface area is 318 Å². The molecule has 0 nitrogen and oxygen atoms in total. The van der Waals surface area contributed by atoms with Crippen molar-refractivity contribution in [2.75, 3.05) is 0 Å². The fraction of sp³-hybridized carbons (Fsp3) is 0.0455. The molecule has 0 spiro atoms. The van der Waals surface area contributed by atoms with Crippen LogP contribution in [-0.4, -0.2) is 0 Å². The Kier molecular flexibility index (Phi) is 12.8. The van der Waals surface area contributed by atoms with Crippen LogP contribution < -0.4 is 65.8 Å². The zero-order chi connectivity index (χ0) is 31.9. The Morgan fingerprint density at radius 2 is 0.490 bits per heavy atom. The van der Waals surface area contributed by atoms with Crippen molar-refractivity contribution in [3.05, 3.63) is 216 Å². The highest BCUT2D eigenvalue weighted by atomic mass is 79.9. The molecule has 0 bridgehead atoms. The summed E-state index contributed by atoms with van der Waals surface area (Å²) >= 11 is 7.68. The van der Waals surface area contributed by atoms with E-state index in [1.54, 1.807) is 0 Å². The van der Waals surface area contributed by atoms with Crippen molar-refractivity contribution in [2.45, 2.75) is 12.3 Å². The van der Waals surface area contributed by atoms with Gasteiger partial charge in [0.25, 0.3) is 0 Å².